The highest BCUT2D eigenvalue weighted by molar-refractivity contribution is 5.95. The van der Waals surface area contributed by atoms with E-state index in [1.54, 1.807) is 0 Å². The largest absolute Gasteiger partial charge is 0.423 e. The van der Waals surface area contributed by atoms with E-state index in [-0.39, 0.29) is 44.9 Å². The summed E-state index contributed by atoms with van der Waals surface area (Å²) in [6.45, 7) is 19.4. The summed E-state index contributed by atoms with van der Waals surface area (Å²) in [6.07, 6.45) is -5.15. The minimum Gasteiger partial charge on any atom is -0.423 e. The molecule has 3 aromatic rings. The van der Waals surface area contributed by atoms with E-state index in [0.717, 1.165) is 6.07 Å². The zero-order chi connectivity index (χ0) is 35.9. The Kier molecular flexibility index (Phi) is 11.3. The molecule has 0 spiro atoms. The van der Waals surface area contributed by atoms with Crippen molar-refractivity contribution in [3.8, 4) is 46.0 Å². The number of ether oxygens (including phenoxy) is 4. The van der Waals surface area contributed by atoms with Gasteiger partial charge in [0.2, 0.25) is 0 Å². The SMILES string of the molecule is C=C(C)C(=O)Oc1ccc(C#Cc2cc(OC(=O)C(=C)C)c(-c3ccc(OC(=O)C(=C)C)cc3)c(OC(=O)C(=C)C)c2C(F)(F)F)cc1. The van der Waals surface area contributed by atoms with Gasteiger partial charge < -0.3 is 18.9 Å². The van der Waals surface area contributed by atoms with Crippen molar-refractivity contribution in [2.75, 3.05) is 0 Å². The maximum Gasteiger partial charge on any atom is 0.421 e. The van der Waals surface area contributed by atoms with Gasteiger partial charge in [0.15, 0.2) is 5.75 Å². The van der Waals surface area contributed by atoms with Crippen LogP contribution in [0.1, 0.15) is 44.4 Å². The fourth-order valence-electron chi connectivity index (χ4n) is 3.66. The highest BCUT2D eigenvalue weighted by atomic mass is 19.4. The van der Waals surface area contributed by atoms with Gasteiger partial charge in [-0.3, -0.25) is 0 Å². The quantitative estimate of drug-likeness (QED) is 0.0997. The first-order chi connectivity index (χ1) is 22.4. The van der Waals surface area contributed by atoms with Crippen molar-refractivity contribution in [2.24, 2.45) is 0 Å². The Balaban J connectivity index is 2.33. The molecular weight excluding hydrogens is 629 g/mol. The number of alkyl halides is 3. The van der Waals surface area contributed by atoms with E-state index in [9.17, 15) is 32.3 Å². The molecule has 3 rings (SSSR count). The van der Waals surface area contributed by atoms with Crippen LogP contribution in [0.15, 0.2) is 103 Å². The van der Waals surface area contributed by atoms with E-state index >= 15 is 0 Å². The number of hydrogen-bond donors (Lipinski definition) is 0. The molecule has 48 heavy (non-hydrogen) atoms. The number of halogens is 3. The van der Waals surface area contributed by atoms with Gasteiger partial charge in [-0.15, -0.1) is 0 Å². The van der Waals surface area contributed by atoms with E-state index in [1.807, 2.05) is 0 Å². The van der Waals surface area contributed by atoms with Gasteiger partial charge in [-0.05, 0) is 75.7 Å². The van der Waals surface area contributed by atoms with Crippen molar-refractivity contribution in [1.82, 2.24) is 0 Å². The Morgan fingerprint density at radius 3 is 1.46 bits per heavy atom. The van der Waals surface area contributed by atoms with E-state index in [0.29, 0.717) is 0 Å². The number of carbonyl (C=O) groups is 4. The maximum absolute atomic E-state index is 14.9. The lowest BCUT2D eigenvalue weighted by atomic mass is 9.95. The van der Waals surface area contributed by atoms with Crippen molar-refractivity contribution >= 4 is 23.9 Å². The standard InChI is InChI=1S/C37H29F3O8/c1-20(2)33(41)45-27-15-10-24(11-16-27)9-12-26-19-29(47-35(43)22(5)6)30(25-13-17-28(18-14-25)46-34(42)21(3)4)32(31(26)37(38,39)40)48-36(44)23(7)8/h10-11,13-19H,1,3,5,7H2,2,4,6,8H3. The molecule has 3 aromatic carbocycles. The lowest BCUT2D eigenvalue weighted by Crippen LogP contribution is -2.18. The van der Waals surface area contributed by atoms with Crippen molar-refractivity contribution in [3.63, 3.8) is 0 Å². The van der Waals surface area contributed by atoms with Crippen molar-refractivity contribution < 1.29 is 51.3 Å². The fraction of sp³-hybridized carbons (Fsp3) is 0.135. The van der Waals surface area contributed by atoms with Crippen molar-refractivity contribution in [3.05, 3.63) is 120 Å². The molecule has 246 valence electrons. The maximum atomic E-state index is 14.9. The summed E-state index contributed by atoms with van der Waals surface area (Å²) < 4.78 is 65.8. The molecule has 0 atom stereocenters. The molecule has 0 aliphatic rings. The highest BCUT2D eigenvalue weighted by Gasteiger charge is 2.41. The topological polar surface area (TPSA) is 105 Å². The molecular formula is C37H29F3O8. The van der Waals surface area contributed by atoms with E-state index in [4.69, 9.17) is 18.9 Å². The Morgan fingerprint density at radius 2 is 1.02 bits per heavy atom. The molecule has 0 saturated carbocycles. The Bertz CT molecular complexity index is 1920. The van der Waals surface area contributed by atoms with Gasteiger partial charge in [0.25, 0.3) is 0 Å². The molecule has 0 unspecified atom stereocenters. The lowest BCUT2D eigenvalue weighted by molar-refractivity contribution is -0.141. The molecule has 0 heterocycles. The summed E-state index contributed by atoms with van der Waals surface area (Å²) in [5, 5.41) is 0. The second kappa shape index (κ2) is 15.0. The summed E-state index contributed by atoms with van der Waals surface area (Å²) in [5.74, 6) is 0.170. The minimum absolute atomic E-state index is 0.0101. The smallest absolute Gasteiger partial charge is 0.421 e. The lowest BCUT2D eigenvalue weighted by Gasteiger charge is -2.21. The van der Waals surface area contributed by atoms with Crippen LogP contribution in [0.3, 0.4) is 0 Å². The van der Waals surface area contributed by atoms with Gasteiger partial charge in [-0.1, -0.05) is 50.3 Å². The van der Waals surface area contributed by atoms with Crippen LogP contribution in [0, 0.1) is 11.8 Å². The molecule has 0 N–H and O–H groups in total. The molecule has 0 saturated heterocycles. The molecule has 0 aromatic heterocycles. The van der Waals surface area contributed by atoms with Crippen LogP contribution in [-0.2, 0) is 25.4 Å². The average molecular weight is 659 g/mol. The third-order valence-electron chi connectivity index (χ3n) is 6.08. The average Bonchev–Trinajstić information content (AvgIpc) is 3.00. The number of benzene rings is 3. The molecule has 0 radical (unpaired) electrons. The van der Waals surface area contributed by atoms with Crippen LogP contribution in [0.25, 0.3) is 11.1 Å². The normalized spacial score (nSPS) is 10.5. The Hall–Kier alpha value is -6.15. The number of rotatable bonds is 9. The zero-order valence-corrected chi connectivity index (χ0v) is 26.4. The van der Waals surface area contributed by atoms with Crippen molar-refractivity contribution in [1.29, 1.82) is 0 Å². The summed E-state index contributed by atoms with van der Waals surface area (Å²) in [5.41, 5.74) is -2.40. The summed E-state index contributed by atoms with van der Waals surface area (Å²) in [4.78, 5) is 49.2. The first kappa shape index (κ1) is 36.3. The first-order valence-corrected chi connectivity index (χ1v) is 13.9. The molecule has 0 amide bonds. The number of esters is 4. The second-order valence-corrected chi connectivity index (χ2v) is 10.5. The van der Waals surface area contributed by atoms with Crippen LogP contribution in [-0.4, -0.2) is 23.9 Å². The predicted molar refractivity (Wildman–Crippen MR) is 171 cm³/mol. The predicted octanol–water partition coefficient (Wildman–Crippen LogP) is 7.70. The monoisotopic (exact) mass is 658 g/mol. The third kappa shape index (κ3) is 9.20. The summed E-state index contributed by atoms with van der Waals surface area (Å²) in [6, 6.07) is 11.6. The summed E-state index contributed by atoms with van der Waals surface area (Å²) >= 11 is 0. The molecule has 0 bridgehead atoms. The molecule has 0 aliphatic carbocycles. The van der Waals surface area contributed by atoms with Gasteiger partial charge in [-0.25, -0.2) is 19.2 Å². The van der Waals surface area contributed by atoms with Gasteiger partial charge in [0.05, 0.1) is 5.56 Å². The van der Waals surface area contributed by atoms with Gasteiger partial charge in [0, 0.05) is 33.4 Å². The molecule has 0 aliphatic heterocycles. The van der Waals surface area contributed by atoms with Gasteiger partial charge in [-0.2, -0.15) is 13.2 Å². The Labute approximate surface area is 274 Å². The third-order valence-corrected chi connectivity index (χ3v) is 6.08. The van der Waals surface area contributed by atoms with E-state index in [2.05, 4.69) is 38.2 Å². The molecule has 11 heteroatoms. The van der Waals surface area contributed by atoms with E-state index in [1.165, 1.54) is 76.2 Å². The number of carbonyl (C=O) groups excluding carboxylic acids is 4. The first-order valence-electron chi connectivity index (χ1n) is 13.9. The minimum atomic E-state index is -5.15. The Morgan fingerprint density at radius 1 is 0.604 bits per heavy atom. The van der Waals surface area contributed by atoms with Gasteiger partial charge >= 0.3 is 30.1 Å². The highest BCUT2D eigenvalue weighted by Crippen LogP contribution is 2.49. The molecule has 0 fully saturated rings. The van der Waals surface area contributed by atoms with E-state index < -0.39 is 58.2 Å². The van der Waals surface area contributed by atoms with Crippen LogP contribution in [0.2, 0.25) is 0 Å². The molecule has 8 nitrogen and oxygen atoms in total. The van der Waals surface area contributed by atoms with Crippen LogP contribution >= 0.6 is 0 Å². The fourth-order valence-corrected chi connectivity index (χ4v) is 3.66. The van der Waals surface area contributed by atoms with Gasteiger partial charge in [0.1, 0.15) is 22.8 Å². The number of hydrogen-bond acceptors (Lipinski definition) is 8. The van der Waals surface area contributed by atoms with Crippen LogP contribution in [0.4, 0.5) is 13.2 Å². The van der Waals surface area contributed by atoms with Crippen molar-refractivity contribution in [2.45, 2.75) is 33.9 Å². The second-order valence-electron chi connectivity index (χ2n) is 10.5. The van der Waals surface area contributed by atoms with Crippen LogP contribution in [0.5, 0.6) is 23.0 Å². The zero-order valence-electron chi connectivity index (χ0n) is 26.4. The van der Waals surface area contributed by atoms with Crippen LogP contribution < -0.4 is 18.9 Å². The summed E-state index contributed by atoms with van der Waals surface area (Å²) in [7, 11) is 0.